The van der Waals surface area contributed by atoms with Gasteiger partial charge in [0.25, 0.3) is 0 Å². The van der Waals surface area contributed by atoms with Crippen LogP contribution < -0.4 is 0 Å². The van der Waals surface area contributed by atoms with Gasteiger partial charge in [-0.15, -0.1) is 0 Å². The van der Waals surface area contributed by atoms with Gasteiger partial charge in [0.2, 0.25) is 0 Å². The molecule has 0 N–H and O–H groups in total. The van der Waals surface area contributed by atoms with Crippen molar-refractivity contribution in [2.24, 2.45) is 17.8 Å². The van der Waals surface area contributed by atoms with Crippen molar-refractivity contribution in [1.29, 1.82) is 0 Å². The molecule has 0 bridgehead atoms. The van der Waals surface area contributed by atoms with Gasteiger partial charge >= 0.3 is 17.9 Å². The first-order valence-corrected chi connectivity index (χ1v) is 29.6. The minimum Gasteiger partial charge on any atom is -0.462 e. The number of carbonyl (C=O) groups excluding carboxylic acids is 3. The van der Waals surface area contributed by atoms with Crippen LogP contribution in [0.15, 0.2) is 0 Å². The maximum absolute atomic E-state index is 12.8. The highest BCUT2D eigenvalue weighted by molar-refractivity contribution is 5.71. The zero-order valence-electron chi connectivity index (χ0n) is 45.5. The van der Waals surface area contributed by atoms with Gasteiger partial charge in [0.1, 0.15) is 13.2 Å². The van der Waals surface area contributed by atoms with E-state index < -0.39 is 6.10 Å². The molecule has 0 aliphatic heterocycles. The molecule has 66 heavy (non-hydrogen) atoms. The van der Waals surface area contributed by atoms with Crippen molar-refractivity contribution in [3.8, 4) is 0 Å². The van der Waals surface area contributed by atoms with Gasteiger partial charge in [0.15, 0.2) is 6.10 Å². The Morgan fingerprint density at radius 2 is 0.530 bits per heavy atom. The van der Waals surface area contributed by atoms with Crippen molar-refractivity contribution in [3.63, 3.8) is 0 Å². The summed E-state index contributed by atoms with van der Waals surface area (Å²) >= 11 is 0. The second-order valence-electron chi connectivity index (χ2n) is 21.8. The van der Waals surface area contributed by atoms with Crippen molar-refractivity contribution in [1.82, 2.24) is 0 Å². The minimum absolute atomic E-state index is 0.0637. The molecule has 6 nitrogen and oxygen atoms in total. The maximum Gasteiger partial charge on any atom is 0.306 e. The molecule has 0 fully saturated rings. The highest BCUT2D eigenvalue weighted by Crippen LogP contribution is 2.19. The lowest BCUT2D eigenvalue weighted by atomic mass is 9.99. The zero-order valence-corrected chi connectivity index (χ0v) is 45.5. The predicted octanol–water partition coefficient (Wildman–Crippen LogP) is 19.5. The number of esters is 3. The average molecular weight is 934 g/mol. The Morgan fingerprint density at radius 1 is 0.303 bits per heavy atom. The molecular formula is C60H116O6. The Morgan fingerprint density at radius 3 is 0.788 bits per heavy atom. The highest BCUT2D eigenvalue weighted by Gasteiger charge is 2.19. The van der Waals surface area contributed by atoms with Gasteiger partial charge in [0.05, 0.1) is 0 Å². The van der Waals surface area contributed by atoms with Gasteiger partial charge in [-0.1, -0.05) is 292 Å². The lowest BCUT2D eigenvalue weighted by molar-refractivity contribution is -0.167. The average Bonchev–Trinajstić information content (AvgIpc) is 3.29. The number of hydrogen-bond acceptors (Lipinski definition) is 6. The molecule has 2 atom stereocenters. The van der Waals surface area contributed by atoms with Crippen LogP contribution in [0.4, 0.5) is 0 Å². The summed E-state index contributed by atoms with van der Waals surface area (Å²) in [4.78, 5) is 38.2. The number of hydrogen-bond donors (Lipinski definition) is 0. The molecule has 0 saturated heterocycles. The summed E-state index contributed by atoms with van der Waals surface area (Å²) < 4.78 is 16.9. The normalized spacial score (nSPS) is 12.5. The smallest absolute Gasteiger partial charge is 0.306 e. The third-order valence-corrected chi connectivity index (χ3v) is 14.0. The predicted molar refractivity (Wildman–Crippen MR) is 284 cm³/mol. The topological polar surface area (TPSA) is 78.9 Å². The SMILES string of the molecule is CCC(C)CCCCCCCCCCCCCCCCC(=O)OC[C@@H](COC(=O)CCCCCCCCCCCCCCCCCC(C)C)OC(=O)CCCCCCCCCCCC(C)C. The van der Waals surface area contributed by atoms with Gasteiger partial charge in [-0.25, -0.2) is 0 Å². The van der Waals surface area contributed by atoms with E-state index in [2.05, 4.69) is 41.5 Å². The molecule has 0 aliphatic rings. The summed E-state index contributed by atoms with van der Waals surface area (Å²) in [5, 5.41) is 0. The van der Waals surface area contributed by atoms with Gasteiger partial charge in [-0.05, 0) is 37.0 Å². The fourth-order valence-electron chi connectivity index (χ4n) is 9.14. The summed E-state index contributed by atoms with van der Waals surface area (Å²) in [6, 6.07) is 0. The Bertz CT molecular complexity index is 1020. The standard InChI is InChI=1S/C60H116O6/c1-7-56(6)48-42-36-30-24-18-14-11-12-16-20-26-32-38-44-50-59(62)65-53-57(66-60(63)51-45-39-33-27-21-23-29-35-41-47-55(4)5)52-64-58(61)49-43-37-31-25-19-15-10-8-9-13-17-22-28-34-40-46-54(2)3/h54-57H,7-53H2,1-6H3/t56?,57-/m1/s1. The quantitative estimate of drug-likeness (QED) is 0.0343. The number of rotatable bonds is 53. The van der Waals surface area contributed by atoms with Crippen LogP contribution in [-0.2, 0) is 28.6 Å². The van der Waals surface area contributed by atoms with E-state index in [4.69, 9.17) is 14.2 Å². The lowest BCUT2D eigenvalue weighted by Gasteiger charge is -2.18. The van der Waals surface area contributed by atoms with Crippen LogP contribution in [0, 0.1) is 17.8 Å². The first-order valence-electron chi connectivity index (χ1n) is 29.6. The lowest BCUT2D eigenvalue weighted by Crippen LogP contribution is -2.30. The van der Waals surface area contributed by atoms with Gasteiger partial charge in [-0.3, -0.25) is 14.4 Å². The van der Waals surface area contributed by atoms with E-state index in [1.807, 2.05) is 0 Å². The second-order valence-corrected chi connectivity index (χ2v) is 21.8. The van der Waals surface area contributed by atoms with E-state index >= 15 is 0 Å². The number of unbranched alkanes of at least 4 members (excludes halogenated alkanes) is 35. The third kappa shape index (κ3) is 51.8. The van der Waals surface area contributed by atoms with Crippen LogP contribution >= 0.6 is 0 Å². The molecule has 0 rings (SSSR count). The van der Waals surface area contributed by atoms with E-state index in [1.165, 1.54) is 212 Å². The Hall–Kier alpha value is -1.59. The summed E-state index contributed by atoms with van der Waals surface area (Å²) in [6.07, 6.45) is 53.8. The van der Waals surface area contributed by atoms with Crippen LogP contribution in [0.1, 0.15) is 330 Å². The second kappa shape index (κ2) is 51.3. The molecule has 0 spiro atoms. The van der Waals surface area contributed by atoms with E-state index in [9.17, 15) is 14.4 Å². The molecule has 0 aromatic rings. The van der Waals surface area contributed by atoms with E-state index in [0.717, 1.165) is 75.5 Å². The fourth-order valence-corrected chi connectivity index (χ4v) is 9.14. The largest absolute Gasteiger partial charge is 0.462 e. The third-order valence-electron chi connectivity index (χ3n) is 14.0. The van der Waals surface area contributed by atoms with E-state index in [1.54, 1.807) is 0 Å². The highest BCUT2D eigenvalue weighted by atomic mass is 16.6. The van der Waals surface area contributed by atoms with Crippen molar-refractivity contribution in [3.05, 3.63) is 0 Å². The van der Waals surface area contributed by atoms with E-state index in [-0.39, 0.29) is 31.1 Å². The molecule has 6 heteroatoms. The molecule has 0 aromatic carbocycles. The van der Waals surface area contributed by atoms with Crippen molar-refractivity contribution in [2.45, 2.75) is 337 Å². The number of carbonyl (C=O) groups is 3. The first-order chi connectivity index (χ1) is 32.1. The minimum atomic E-state index is -0.764. The molecule has 1 unspecified atom stereocenters. The van der Waals surface area contributed by atoms with Crippen molar-refractivity contribution in [2.75, 3.05) is 13.2 Å². The summed E-state index contributed by atoms with van der Waals surface area (Å²) in [5.74, 6) is 1.71. The summed E-state index contributed by atoms with van der Waals surface area (Å²) in [6.45, 7) is 13.8. The Kier molecular flexibility index (Phi) is 50.0. The van der Waals surface area contributed by atoms with Crippen LogP contribution in [-0.4, -0.2) is 37.2 Å². The first kappa shape index (κ1) is 64.4. The van der Waals surface area contributed by atoms with Crippen LogP contribution in [0.5, 0.6) is 0 Å². The molecule has 392 valence electrons. The summed E-state index contributed by atoms with van der Waals surface area (Å²) in [5.41, 5.74) is 0. The van der Waals surface area contributed by atoms with Crippen LogP contribution in [0.2, 0.25) is 0 Å². The van der Waals surface area contributed by atoms with Crippen molar-refractivity contribution < 1.29 is 28.6 Å². The van der Waals surface area contributed by atoms with Crippen LogP contribution in [0.3, 0.4) is 0 Å². The molecule has 0 heterocycles. The van der Waals surface area contributed by atoms with E-state index in [0.29, 0.717) is 19.3 Å². The van der Waals surface area contributed by atoms with Gasteiger partial charge in [-0.2, -0.15) is 0 Å². The molecule has 0 aromatic heterocycles. The monoisotopic (exact) mass is 933 g/mol. The van der Waals surface area contributed by atoms with Gasteiger partial charge in [0, 0.05) is 19.3 Å². The Labute approximate surface area is 412 Å². The summed E-state index contributed by atoms with van der Waals surface area (Å²) in [7, 11) is 0. The maximum atomic E-state index is 12.8. The fraction of sp³-hybridized carbons (Fsp3) is 0.950. The van der Waals surface area contributed by atoms with Gasteiger partial charge < -0.3 is 14.2 Å². The molecular weight excluding hydrogens is 817 g/mol. The molecule has 0 aliphatic carbocycles. The molecule has 0 radical (unpaired) electrons. The molecule has 0 amide bonds. The van der Waals surface area contributed by atoms with Crippen molar-refractivity contribution >= 4 is 17.9 Å². The number of ether oxygens (including phenoxy) is 3. The Balaban J connectivity index is 4.26. The molecule has 0 saturated carbocycles. The zero-order chi connectivity index (χ0) is 48.4. The van der Waals surface area contributed by atoms with Crippen LogP contribution in [0.25, 0.3) is 0 Å².